The van der Waals surface area contributed by atoms with Gasteiger partial charge in [-0.1, -0.05) is 18.2 Å². The van der Waals surface area contributed by atoms with Gasteiger partial charge >= 0.3 is 0 Å². The van der Waals surface area contributed by atoms with Gasteiger partial charge in [0.15, 0.2) is 5.65 Å². The van der Waals surface area contributed by atoms with Gasteiger partial charge in [0, 0.05) is 25.8 Å². The second-order valence-corrected chi connectivity index (χ2v) is 4.89. The zero-order valence-corrected chi connectivity index (χ0v) is 11.9. The van der Waals surface area contributed by atoms with Crippen LogP contribution in [0.25, 0.3) is 11.0 Å². The number of hydrogen-bond acceptors (Lipinski definition) is 4. The number of hydrogen-bond donors (Lipinski definition) is 1. The number of nitrogens with zero attached hydrogens (tertiary/aromatic N) is 4. The van der Waals surface area contributed by atoms with E-state index >= 15 is 0 Å². The minimum Gasteiger partial charge on any atom is -0.385 e. The van der Waals surface area contributed by atoms with Crippen molar-refractivity contribution >= 4 is 16.7 Å². The topological polar surface area (TPSA) is 64.7 Å². The van der Waals surface area contributed by atoms with E-state index < -0.39 is 0 Å². The monoisotopic (exact) mass is 283 g/mol. The number of benzene rings is 1. The average molecular weight is 283 g/mol. The lowest BCUT2D eigenvalue weighted by Gasteiger charge is -2.07. The molecule has 0 amide bonds. The van der Waals surface area contributed by atoms with E-state index in [4.69, 9.17) is 0 Å². The molecule has 2 aromatic heterocycles. The van der Waals surface area contributed by atoms with Gasteiger partial charge in [-0.05, 0) is 18.6 Å². The second-order valence-electron chi connectivity index (χ2n) is 4.89. The molecule has 108 valence electrons. The first-order chi connectivity index (χ1) is 10.3. The van der Waals surface area contributed by atoms with Crippen LogP contribution in [0.3, 0.4) is 0 Å². The van der Waals surface area contributed by atoms with Crippen molar-refractivity contribution < 1.29 is 0 Å². The van der Waals surface area contributed by atoms with E-state index in [0.29, 0.717) is 17.6 Å². The van der Waals surface area contributed by atoms with Crippen LogP contribution in [0.15, 0.2) is 47.7 Å². The number of nitrogens with one attached hydrogen (secondary N) is 1. The van der Waals surface area contributed by atoms with Crippen LogP contribution in [-0.4, -0.2) is 25.9 Å². The molecule has 0 aliphatic rings. The first kappa shape index (κ1) is 13.4. The molecule has 1 N–H and O–H groups in total. The predicted octanol–water partition coefficient (Wildman–Crippen LogP) is 1.63. The largest absolute Gasteiger partial charge is 0.385 e. The van der Waals surface area contributed by atoms with Crippen molar-refractivity contribution in [1.29, 1.82) is 0 Å². The number of fused-ring (bicyclic) bond motifs is 1. The highest BCUT2D eigenvalue weighted by atomic mass is 16.1. The molecule has 0 aliphatic heterocycles. The van der Waals surface area contributed by atoms with Crippen LogP contribution in [-0.2, 0) is 13.6 Å². The van der Waals surface area contributed by atoms with Crippen molar-refractivity contribution in [2.75, 3.05) is 11.9 Å². The van der Waals surface area contributed by atoms with Gasteiger partial charge in [0.25, 0.3) is 5.56 Å². The third kappa shape index (κ3) is 2.79. The first-order valence-corrected chi connectivity index (χ1v) is 6.92. The molecule has 6 heteroatoms. The zero-order chi connectivity index (χ0) is 14.7. The van der Waals surface area contributed by atoms with Crippen molar-refractivity contribution in [1.82, 2.24) is 19.3 Å². The maximum Gasteiger partial charge on any atom is 0.264 e. The Balaban J connectivity index is 1.63. The molecule has 0 spiro atoms. The molecule has 3 rings (SSSR count). The molecule has 0 fully saturated rings. The summed E-state index contributed by atoms with van der Waals surface area (Å²) < 4.78 is 3.24. The minimum absolute atomic E-state index is 0.0344. The number of para-hydroxylation sites is 1. The van der Waals surface area contributed by atoms with Crippen molar-refractivity contribution in [3.8, 4) is 0 Å². The maximum atomic E-state index is 12.3. The van der Waals surface area contributed by atoms with E-state index in [-0.39, 0.29) is 5.56 Å². The molecule has 2 heterocycles. The van der Waals surface area contributed by atoms with E-state index in [2.05, 4.69) is 15.4 Å². The summed E-state index contributed by atoms with van der Waals surface area (Å²) >= 11 is 0. The highest BCUT2D eigenvalue weighted by Gasteiger charge is 2.07. The number of anilines is 1. The molecule has 0 aliphatic carbocycles. The van der Waals surface area contributed by atoms with Crippen LogP contribution in [0, 0.1) is 0 Å². The zero-order valence-electron chi connectivity index (χ0n) is 11.9. The summed E-state index contributed by atoms with van der Waals surface area (Å²) in [5.74, 6) is 0. The van der Waals surface area contributed by atoms with Crippen LogP contribution >= 0.6 is 0 Å². The van der Waals surface area contributed by atoms with Gasteiger partial charge in [0.05, 0.1) is 12.5 Å². The van der Waals surface area contributed by atoms with Crippen molar-refractivity contribution in [2.45, 2.75) is 13.0 Å². The molecule has 1 aromatic carbocycles. The van der Waals surface area contributed by atoms with E-state index in [0.717, 1.165) is 18.7 Å². The summed E-state index contributed by atoms with van der Waals surface area (Å²) in [6, 6.07) is 10.0. The van der Waals surface area contributed by atoms with Crippen molar-refractivity contribution in [3.63, 3.8) is 0 Å². The third-order valence-corrected chi connectivity index (χ3v) is 3.40. The number of rotatable bonds is 5. The van der Waals surface area contributed by atoms with E-state index in [1.54, 1.807) is 28.8 Å². The van der Waals surface area contributed by atoms with Crippen molar-refractivity contribution in [3.05, 3.63) is 53.2 Å². The summed E-state index contributed by atoms with van der Waals surface area (Å²) in [5, 5.41) is 7.95. The Morgan fingerprint density at radius 1 is 1.24 bits per heavy atom. The van der Waals surface area contributed by atoms with Gasteiger partial charge in [0.2, 0.25) is 0 Å². The molecule has 0 bridgehead atoms. The Bertz CT molecular complexity index is 791. The Kier molecular flexibility index (Phi) is 3.68. The Hall–Kier alpha value is -2.63. The highest BCUT2D eigenvalue weighted by molar-refractivity contribution is 5.72. The fraction of sp³-hybridized carbons (Fsp3) is 0.267. The quantitative estimate of drug-likeness (QED) is 0.723. The fourth-order valence-electron chi connectivity index (χ4n) is 2.26. The smallest absolute Gasteiger partial charge is 0.264 e. The van der Waals surface area contributed by atoms with E-state index in [1.165, 1.54) is 0 Å². The maximum absolute atomic E-state index is 12.3. The van der Waals surface area contributed by atoms with Crippen LogP contribution in [0.5, 0.6) is 0 Å². The van der Waals surface area contributed by atoms with Crippen LogP contribution in [0.2, 0.25) is 0 Å². The predicted molar refractivity (Wildman–Crippen MR) is 82.3 cm³/mol. The Morgan fingerprint density at radius 2 is 2.05 bits per heavy atom. The lowest BCUT2D eigenvalue weighted by molar-refractivity contribution is 0.632. The average Bonchev–Trinajstić information content (AvgIpc) is 2.89. The summed E-state index contributed by atoms with van der Waals surface area (Å²) in [6.45, 7) is 1.44. The molecule has 0 atom stereocenters. The molecule has 0 saturated carbocycles. The minimum atomic E-state index is -0.0344. The normalized spacial score (nSPS) is 10.9. The fourth-order valence-corrected chi connectivity index (χ4v) is 2.26. The summed E-state index contributed by atoms with van der Waals surface area (Å²) in [4.78, 5) is 16.5. The van der Waals surface area contributed by atoms with E-state index in [1.807, 2.05) is 30.3 Å². The van der Waals surface area contributed by atoms with Crippen molar-refractivity contribution in [2.24, 2.45) is 7.05 Å². The van der Waals surface area contributed by atoms with Gasteiger partial charge in [-0.2, -0.15) is 5.10 Å². The molecule has 0 unspecified atom stereocenters. The molecule has 0 radical (unpaired) electrons. The lowest BCUT2D eigenvalue weighted by Crippen LogP contribution is -2.21. The molecule has 3 aromatic rings. The Morgan fingerprint density at radius 3 is 2.86 bits per heavy atom. The van der Waals surface area contributed by atoms with Gasteiger partial charge in [-0.25, -0.2) is 4.98 Å². The number of aromatic nitrogens is 4. The van der Waals surface area contributed by atoms with Gasteiger partial charge in [-0.15, -0.1) is 0 Å². The van der Waals surface area contributed by atoms with Crippen LogP contribution in [0.1, 0.15) is 6.42 Å². The molecule has 6 nitrogen and oxygen atoms in total. The molecule has 21 heavy (non-hydrogen) atoms. The molecule has 0 saturated heterocycles. The third-order valence-electron chi connectivity index (χ3n) is 3.40. The highest BCUT2D eigenvalue weighted by Crippen LogP contribution is 2.05. The van der Waals surface area contributed by atoms with Crippen LogP contribution < -0.4 is 10.9 Å². The molecular formula is C15H17N5O. The SMILES string of the molecule is Cn1ncc2c(=O)n(CCCNc3ccccc3)cnc21. The standard InChI is InChI=1S/C15H17N5O/c1-19-14-13(10-18-19)15(21)20(11-17-14)9-5-8-16-12-6-3-2-4-7-12/h2-4,6-7,10-11,16H,5,8-9H2,1H3. The van der Waals surface area contributed by atoms with Crippen LogP contribution in [0.4, 0.5) is 5.69 Å². The van der Waals surface area contributed by atoms with Gasteiger partial charge in [-0.3, -0.25) is 14.0 Å². The Labute approximate surface area is 122 Å². The lowest BCUT2D eigenvalue weighted by atomic mass is 10.3. The summed E-state index contributed by atoms with van der Waals surface area (Å²) in [6.07, 6.45) is 4.01. The van der Waals surface area contributed by atoms with Gasteiger partial charge < -0.3 is 5.32 Å². The first-order valence-electron chi connectivity index (χ1n) is 6.92. The van der Waals surface area contributed by atoms with Gasteiger partial charge in [0.1, 0.15) is 5.39 Å². The second kappa shape index (κ2) is 5.78. The summed E-state index contributed by atoms with van der Waals surface area (Å²) in [5.41, 5.74) is 1.68. The number of aryl methyl sites for hydroxylation is 2. The summed E-state index contributed by atoms with van der Waals surface area (Å²) in [7, 11) is 1.78. The van der Waals surface area contributed by atoms with E-state index in [9.17, 15) is 4.79 Å². The molecular weight excluding hydrogens is 266 g/mol.